The van der Waals surface area contributed by atoms with E-state index < -0.39 is 0 Å². The van der Waals surface area contributed by atoms with Crippen LogP contribution in [0.15, 0.2) is 212 Å². The number of nitrogens with one attached hydrogen (secondary N) is 1. The zero-order valence-electron chi connectivity index (χ0n) is 32.7. The maximum atomic E-state index is 5.25. The Hall–Kier alpha value is -8.09. The van der Waals surface area contributed by atoms with Crippen LogP contribution in [-0.2, 0) is 0 Å². The predicted molar refractivity (Wildman–Crippen MR) is 246 cm³/mol. The number of nitrogens with zero attached hydrogens (tertiary/aromatic N) is 5. The molecule has 6 nitrogen and oxygen atoms in total. The number of hydrogen-bond donors (Lipinski definition) is 1. The highest BCUT2D eigenvalue weighted by Crippen LogP contribution is 2.37. The van der Waals surface area contributed by atoms with E-state index in [0.717, 1.165) is 101 Å². The highest BCUT2D eigenvalue weighted by Gasteiger charge is 2.15. The highest BCUT2D eigenvalue weighted by atomic mass is 14.9. The molecule has 0 unspecified atom stereocenters. The van der Waals surface area contributed by atoms with Gasteiger partial charge in [0.25, 0.3) is 0 Å². The number of benzene rings is 7. The minimum atomic E-state index is 0.660. The van der Waals surface area contributed by atoms with Gasteiger partial charge in [0.05, 0.1) is 17.7 Å². The first-order valence-electron chi connectivity index (χ1n) is 20.0. The van der Waals surface area contributed by atoms with Gasteiger partial charge in [0.15, 0.2) is 5.82 Å². The lowest BCUT2D eigenvalue weighted by Crippen LogP contribution is -2.16. The van der Waals surface area contributed by atoms with Crippen molar-refractivity contribution in [2.24, 2.45) is 4.99 Å². The second-order valence-electron chi connectivity index (χ2n) is 14.8. The van der Waals surface area contributed by atoms with Crippen molar-refractivity contribution in [3.8, 4) is 89.5 Å². The summed E-state index contributed by atoms with van der Waals surface area (Å²) in [5.41, 5.74) is 17.9. The molecule has 0 saturated carbocycles. The summed E-state index contributed by atoms with van der Waals surface area (Å²) in [5.74, 6) is 0.660. The standard InChI is InChI=1S/C54H38N6/c1-3-11-37(12-4-1)52-30-53(38-13-5-2-6-14-38)60-54(59-52)49-28-47(43-19-7-15-39(23-43)41-17-9-21-45(25-41)50-31-55-35-56-32-50)27-48(29-49)44-20-8-16-40(24-44)42-18-10-22-46(26-42)51-33-57-36-58-34-51/h1-33,35-36H,34H2,(H,57,58). The minimum Gasteiger partial charge on any atom is -0.372 e. The quantitative estimate of drug-likeness (QED) is 0.158. The van der Waals surface area contributed by atoms with Crippen LogP contribution in [0.5, 0.6) is 0 Å². The van der Waals surface area contributed by atoms with E-state index in [2.05, 4.69) is 166 Å². The predicted octanol–water partition coefficient (Wildman–Crippen LogP) is 12.6. The van der Waals surface area contributed by atoms with Gasteiger partial charge in [-0.2, -0.15) is 0 Å². The zero-order valence-corrected chi connectivity index (χ0v) is 32.7. The molecule has 1 N–H and O–H groups in total. The molecule has 1 aliphatic heterocycles. The molecule has 0 atom stereocenters. The van der Waals surface area contributed by atoms with Crippen LogP contribution in [-0.4, -0.2) is 32.8 Å². The van der Waals surface area contributed by atoms with E-state index in [4.69, 9.17) is 9.97 Å². The monoisotopic (exact) mass is 770 g/mol. The van der Waals surface area contributed by atoms with Crippen LogP contribution in [0.4, 0.5) is 0 Å². The average molecular weight is 771 g/mol. The Morgan fingerprint density at radius 2 is 0.750 bits per heavy atom. The van der Waals surface area contributed by atoms with E-state index in [1.807, 2.05) is 55.0 Å². The van der Waals surface area contributed by atoms with E-state index in [1.54, 1.807) is 12.7 Å². The fourth-order valence-corrected chi connectivity index (χ4v) is 7.72. The van der Waals surface area contributed by atoms with Crippen LogP contribution in [0.2, 0.25) is 0 Å². The third-order valence-electron chi connectivity index (χ3n) is 10.8. The van der Waals surface area contributed by atoms with Crippen LogP contribution in [0.1, 0.15) is 5.56 Å². The van der Waals surface area contributed by atoms with Crippen molar-refractivity contribution >= 4 is 11.9 Å². The van der Waals surface area contributed by atoms with Gasteiger partial charge in [-0.1, -0.05) is 133 Å². The molecule has 10 rings (SSSR count). The Morgan fingerprint density at radius 3 is 1.23 bits per heavy atom. The molecular weight excluding hydrogens is 733 g/mol. The maximum Gasteiger partial charge on any atom is 0.160 e. The Morgan fingerprint density at radius 1 is 0.350 bits per heavy atom. The molecule has 0 spiro atoms. The first-order chi connectivity index (χ1) is 29.7. The second-order valence-corrected chi connectivity index (χ2v) is 14.8. The Labute approximate surface area is 349 Å². The fraction of sp³-hybridized carbons (Fsp3) is 0.0185. The third kappa shape index (κ3) is 7.78. The molecule has 0 bridgehead atoms. The number of aliphatic imine (C=N–C) groups is 1. The SMILES string of the molecule is C1=NC=C(c2cccc(-c3cccc(-c4cc(-c5cccc(-c6cccc(-c7cncnc7)c6)c5)cc(-c5nc(-c6ccccc6)cc(-c6ccccc6)n5)c4)c3)c2)CN1. The summed E-state index contributed by atoms with van der Waals surface area (Å²) in [6.45, 7) is 0.747. The number of hydrogen-bond acceptors (Lipinski definition) is 6. The first kappa shape index (κ1) is 36.3. The van der Waals surface area contributed by atoms with Gasteiger partial charge in [-0.15, -0.1) is 0 Å². The van der Waals surface area contributed by atoms with Crippen molar-refractivity contribution in [2.75, 3.05) is 6.54 Å². The summed E-state index contributed by atoms with van der Waals surface area (Å²) in [4.78, 5) is 23.3. The fourth-order valence-electron chi connectivity index (χ4n) is 7.72. The smallest absolute Gasteiger partial charge is 0.160 e. The molecule has 3 heterocycles. The lowest BCUT2D eigenvalue weighted by Gasteiger charge is -2.15. The topological polar surface area (TPSA) is 76.0 Å². The number of rotatable bonds is 9. The summed E-state index contributed by atoms with van der Waals surface area (Å²) in [7, 11) is 0. The summed E-state index contributed by atoms with van der Waals surface area (Å²) < 4.78 is 0. The van der Waals surface area contributed by atoms with Gasteiger partial charge >= 0.3 is 0 Å². The Balaban J connectivity index is 1.12. The van der Waals surface area contributed by atoms with Crippen LogP contribution < -0.4 is 5.32 Å². The minimum absolute atomic E-state index is 0.660. The molecule has 7 aromatic carbocycles. The second kappa shape index (κ2) is 16.4. The van der Waals surface area contributed by atoms with Crippen molar-refractivity contribution in [2.45, 2.75) is 0 Å². The average Bonchev–Trinajstić information content (AvgIpc) is 3.35. The molecule has 0 amide bonds. The molecule has 1 aliphatic rings. The Kier molecular flexibility index (Phi) is 9.92. The molecule has 2 aromatic heterocycles. The van der Waals surface area contributed by atoms with Crippen LogP contribution >= 0.6 is 0 Å². The first-order valence-corrected chi connectivity index (χ1v) is 20.0. The molecule has 60 heavy (non-hydrogen) atoms. The summed E-state index contributed by atoms with van der Waals surface area (Å²) >= 11 is 0. The van der Waals surface area contributed by atoms with Crippen molar-refractivity contribution in [3.05, 3.63) is 212 Å². The molecule has 9 aromatic rings. The largest absolute Gasteiger partial charge is 0.372 e. The van der Waals surface area contributed by atoms with E-state index in [0.29, 0.717) is 5.82 Å². The van der Waals surface area contributed by atoms with E-state index >= 15 is 0 Å². The lowest BCUT2D eigenvalue weighted by molar-refractivity contribution is 1.06. The van der Waals surface area contributed by atoms with Crippen molar-refractivity contribution in [1.82, 2.24) is 25.3 Å². The summed E-state index contributed by atoms with van der Waals surface area (Å²) in [5, 5.41) is 3.23. The van der Waals surface area contributed by atoms with E-state index in [1.165, 1.54) is 0 Å². The van der Waals surface area contributed by atoms with Crippen LogP contribution in [0.25, 0.3) is 95.1 Å². The van der Waals surface area contributed by atoms with Gasteiger partial charge in [-0.05, 0) is 110 Å². The molecule has 6 heteroatoms. The molecule has 0 aliphatic carbocycles. The highest BCUT2D eigenvalue weighted by molar-refractivity contribution is 5.85. The van der Waals surface area contributed by atoms with Crippen molar-refractivity contribution in [3.63, 3.8) is 0 Å². The van der Waals surface area contributed by atoms with Gasteiger partial charge in [-0.3, -0.25) is 0 Å². The van der Waals surface area contributed by atoms with Crippen molar-refractivity contribution < 1.29 is 0 Å². The van der Waals surface area contributed by atoms with E-state index in [-0.39, 0.29) is 0 Å². The maximum absolute atomic E-state index is 5.25. The lowest BCUT2D eigenvalue weighted by atomic mass is 9.92. The third-order valence-corrected chi connectivity index (χ3v) is 10.8. The van der Waals surface area contributed by atoms with Crippen molar-refractivity contribution in [1.29, 1.82) is 0 Å². The van der Waals surface area contributed by atoms with Crippen LogP contribution in [0, 0.1) is 0 Å². The Bertz CT molecular complexity index is 2970. The molecule has 0 fully saturated rings. The van der Waals surface area contributed by atoms with E-state index in [9.17, 15) is 0 Å². The summed E-state index contributed by atoms with van der Waals surface area (Å²) in [6.07, 6.45) is 8.92. The van der Waals surface area contributed by atoms with Gasteiger partial charge < -0.3 is 5.32 Å². The van der Waals surface area contributed by atoms with Gasteiger partial charge in [0.1, 0.15) is 6.33 Å². The zero-order chi connectivity index (χ0) is 40.1. The van der Waals surface area contributed by atoms with Gasteiger partial charge in [0, 0.05) is 47.4 Å². The summed E-state index contributed by atoms with van der Waals surface area (Å²) in [6, 6.07) is 64.2. The molecule has 284 valence electrons. The molecular formula is C54H38N6. The van der Waals surface area contributed by atoms with Crippen LogP contribution in [0.3, 0.4) is 0 Å². The number of aromatic nitrogens is 4. The van der Waals surface area contributed by atoms with Gasteiger partial charge in [-0.25, -0.2) is 24.9 Å². The van der Waals surface area contributed by atoms with Gasteiger partial charge in [0.2, 0.25) is 0 Å². The molecule has 0 saturated heterocycles. The normalized spacial score (nSPS) is 12.1. The molecule has 0 radical (unpaired) electrons.